The molecular weight excluding hydrogens is 208 g/mol. The van der Waals surface area contributed by atoms with Crippen molar-refractivity contribution in [2.75, 3.05) is 0 Å². The summed E-state index contributed by atoms with van der Waals surface area (Å²) >= 11 is 0. The van der Waals surface area contributed by atoms with Crippen LogP contribution in [0.2, 0.25) is 0 Å². The van der Waals surface area contributed by atoms with E-state index < -0.39 is 12.0 Å². The number of halogens is 2. The third kappa shape index (κ3) is 3.01. The van der Waals surface area contributed by atoms with Gasteiger partial charge in [-0.2, -0.15) is 8.78 Å². The summed E-state index contributed by atoms with van der Waals surface area (Å²) in [6.07, 6.45) is 0.907. The molecule has 1 unspecified atom stereocenters. The number of hydrogen-bond donors (Lipinski definition) is 1. The van der Waals surface area contributed by atoms with E-state index in [2.05, 4.69) is 13.8 Å². The fourth-order valence-corrected chi connectivity index (χ4v) is 1.60. The Hall–Kier alpha value is -0.960. The topological polar surface area (TPSA) is 26.0 Å². The Bertz CT molecular complexity index is 328. The van der Waals surface area contributed by atoms with Gasteiger partial charge in [0.1, 0.15) is 0 Å². The molecule has 90 valence electrons. The first-order valence-corrected chi connectivity index (χ1v) is 5.57. The Kier molecular flexibility index (Phi) is 4.03. The molecule has 16 heavy (non-hydrogen) atoms. The summed E-state index contributed by atoms with van der Waals surface area (Å²) in [7, 11) is 0. The summed E-state index contributed by atoms with van der Waals surface area (Å²) in [5.74, 6) is -2.42. The van der Waals surface area contributed by atoms with Gasteiger partial charge in [-0.15, -0.1) is 0 Å². The number of alkyl halides is 2. The maximum atomic E-state index is 13.5. The van der Waals surface area contributed by atoms with Crippen molar-refractivity contribution in [1.29, 1.82) is 0 Å². The lowest BCUT2D eigenvalue weighted by atomic mass is 9.98. The second-order valence-electron chi connectivity index (χ2n) is 4.71. The van der Waals surface area contributed by atoms with Crippen LogP contribution in [0.1, 0.15) is 31.9 Å². The molecule has 0 bridgehead atoms. The molecule has 0 amide bonds. The monoisotopic (exact) mass is 227 g/mol. The second kappa shape index (κ2) is 4.91. The van der Waals surface area contributed by atoms with Crippen molar-refractivity contribution >= 4 is 0 Å². The maximum absolute atomic E-state index is 13.5. The van der Waals surface area contributed by atoms with E-state index in [-0.39, 0.29) is 5.56 Å². The Morgan fingerprint density at radius 1 is 1.12 bits per heavy atom. The van der Waals surface area contributed by atoms with Crippen molar-refractivity contribution < 1.29 is 8.78 Å². The second-order valence-corrected chi connectivity index (χ2v) is 4.71. The molecule has 1 nitrogen and oxygen atoms in total. The summed E-state index contributed by atoms with van der Waals surface area (Å²) in [4.78, 5) is 0. The van der Waals surface area contributed by atoms with E-state index in [1.807, 2.05) is 0 Å². The zero-order chi connectivity index (χ0) is 12.3. The standard InChI is InChI=1S/C13H19F2N/c1-9(2)8-11-4-6-12(7-5-11)13(14,15)10(3)16/h4-7,9-10H,8,16H2,1-3H3. The highest BCUT2D eigenvalue weighted by atomic mass is 19.3. The molecular formula is C13H19F2N. The Balaban J connectivity index is 2.86. The van der Waals surface area contributed by atoms with Crippen LogP contribution in [-0.4, -0.2) is 6.04 Å². The van der Waals surface area contributed by atoms with E-state index in [1.165, 1.54) is 19.1 Å². The molecule has 3 heteroatoms. The van der Waals surface area contributed by atoms with E-state index in [9.17, 15) is 8.78 Å². The van der Waals surface area contributed by atoms with Gasteiger partial charge in [0.25, 0.3) is 5.92 Å². The molecule has 0 aliphatic heterocycles. The van der Waals surface area contributed by atoms with Gasteiger partial charge in [-0.3, -0.25) is 0 Å². The van der Waals surface area contributed by atoms with Crippen LogP contribution in [-0.2, 0) is 12.3 Å². The number of rotatable bonds is 4. The lowest BCUT2D eigenvalue weighted by Gasteiger charge is -2.20. The number of nitrogens with two attached hydrogens (primary N) is 1. The highest BCUT2D eigenvalue weighted by Gasteiger charge is 2.35. The van der Waals surface area contributed by atoms with Crippen LogP contribution in [0.5, 0.6) is 0 Å². The van der Waals surface area contributed by atoms with E-state index in [4.69, 9.17) is 5.73 Å². The summed E-state index contributed by atoms with van der Waals surface area (Å²) in [6.45, 7) is 5.52. The third-order valence-electron chi connectivity index (χ3n) is 2.55. The molecule has 1 rings (SSSR count). The molecule has 0 heterocycles. The molecule has 0 saturated carbocycles. The largest absolute Gasteiger partial charge is 0.323 e. The first-order chi connectivity index (χ1) is 7.34. The molecule has 0 spiro atoms. The highest BCUT2D eigenvalue weighted by Crippen LogP contribution is 2.30. The van der Waals surface area contributed by atoms with Crippen molar-refractivity contribution in [3.8, 4) is 0 Å². The molecule has 0 aliphatic rings. The van der Waals surface area contributed by atoms with Gasteiger partial charge >= 0.3 is 0 Å². The molecule has 1 atom stereocenters. The fourth-order valence-electron chi connectivity index (χ4n) is 1.60. The zero-order valence-corrected chi connectivity index (χ0v) is 10.0. The van der Waals surface area contributed by atoms with E-state index in [0.717, 1.165) is 12.0 Å². The first kappa shape index (κ1) is 13.1. The average Bonchev–Trinajstić information content (AvgIpc) is 2.17. The SMILES string of the molecule is CC(C)Cc1ccc(C(F)(F)C(C)N)cc1. The lowest BCUT2D eigenvalue weighted by molar-refractivity contribution is -0.0256. The minimum Gasteiger partial charge on any atom is -0.323 e. The van der Waals surface area contributed by atoms with Gasteiger partial charge in [-0.1, -0.05) is 38.1 Å². The summed E-state index contributed by atoms with van der Waals surface area (Å²) < 4.78 is 27.1. The van der Waals surface area contributed by atoms with Gasteiger partial charge in [-0.05, 0) is 24.8 Å². The van der Waals surface area contributed by atoms with Gasteiger partial charge < -0.3 is 5.73 Å². The average molecular weight is 227 g/mol. The van der Waals surface area contributed by atoms with Crippen LogP contribution >= 0.6 is 0 Å². The number of benzene rings is 1. The molecule has 0 aromatic heterocycles. The van der Waals surface area contributed by atoms with Gasteiger partial charge in [-0.25, -0.2) is 0 Å². The van der Waals surface area contributed by atoms with Crippen LogP contribution in [0.15, 0.2) is 24.3 Å². The molecule has 1 aromatic carbocycles. The Labute approximate surface area is 95.7 Å². The van der Waals surface area contributed by atoms with Crippen molar-refractivity contribution in [2.24, 2.45) is 11.7 Å². The minimum absolute atomic E-state index is 0.00462. The van der Waals surface area contributed by atoms with E-state index in [0.29, 0.717) is 5.92 Å². The smallest absolute Gasteiger partial charge is 0.287 e. The van der Waals surface area contributed by atoms with Gasteiger partial charge in [0.2, 0.25) is 0 Å². The predicted octanol–water partition coefficient (Wildman–Crippen LogP) is 3.32. The Morgan fingerprint density at radius 2 is 1.62 bits per heavy atom. The number of hydrogen-bond acceptors (Lipinski definition) is 1. The summed E-state index contributed by atoms with van der Waals surface area (Å²) in [5.41, 5.74) is 6.35. The highest BCUT2D eigenvalue weighted by molar-refractivity contribution is 5.27. The van der Waals surface area contributed by atoms with Gasteiger partial charge in [0.15, 0.2) is 0 Å². The van der Waals surface area contributed by atoms with Crippen LogP contribution in [0, 0.1) is 5.92 Å². The van der Waals surface area contributed by atoms with Crippen molar-refractivity contribution in [3.63, 3.8) is 0 Å². The molecule has 0 aliphatic carbocycles. The molecule has 0 fully saturated rings. The zero-order valence-electron chi connectivity index (χ0n) is 10.0. The van der Waals surface area contributed by atoms with E-state index in [1.54, 1.807) is 12.1 Å². The van der Waals surface area contributed by atoms with E-state index >= 15 is 0 Å². The maximum Gasteiger partial charge on any atom is 0.287 e. The quantitative estimate of drug-likeness (QED) is 0.839. The molecule has 0 saturated heterocycles. The normalized spacial score (nSPS) is 14.2. The lowest BCUT2D eigenvalue weighted by Crippen LogP contribution is -2.35. The molecule has 2 N–H and O–H groups in total. The minimum atomic E-state index is -2.95. The summed E-state index contributed by atoms with van der Waals surface area (Å²) in [5, 5.41) is 0. The van der Waals surface area contributed by atoms with Crippen molar-refractivity contribution in [1.82, 2.24) is 0 Å². The van der Waals surface area contributed by atoms with Crippen molar-refractivity contribution in [3.05, 3.63) is 35.4 Å². The van der Waals surface area contributed by atoms with Crippen LogP contribution in [0.3, 0.4) is 0 Å². The third-order valence-corrected chi connectivity index (χ3v) is 2.55. The molecule has 1 aromatic rings. The Morgan fingerprint density at radius 3 is 2.00 bits per heavy atom. The van der Waals surface area contributed by atoms with Gasteiger partial charge in [0.05, 0.1) is 6.04 Å². The van der Waals surface area contributed by atoms with Crippen LogP contribution in [0.25, 0.3) is 0 Å². The first-order valence-electron chi connectivity index (χ1n) is 5.57. The summed E-state index contributed by atoms with van der Waals surface area (Å²) in [6, 6.07) is 5.29. The predicted molar refractivity (Wildman–Crippen MR) is 62.5 cm³/mol. The van der Waals surface area contributed by atoms with Crippen molar-refractivity contribution in [2.45, 2.75) is 39.2 Å². The molecule has 0 radical (unpaired) electrons. The van der Waals surface area contributed by atoms with Crippen LogP contribution in [0.4, 0.5) is 8.78 Å². The van der Waals surface area contributed by atoms with Gasteiger partial charge in [0, 0.05) is 5.56 Å². The fraction of sp³-hybridized carbons (Fsp3) is 0.538. The van der Waals surface area contributed by atoms with Crippen LogP contribution < -0.4 is 5.73 Å².